The van der Waals surface area contributed by atoms with E-state index in [1.807, 2.05) is 24.3 Å². The lowest BCUT2D eigenvalue weighted by Crippen LogP contribution is -2.03. The molecule has 3 aromatic rings. The van der Waals surface area contributed by atoms with Crippen LogP contribution in [0.25, 0.3) is 21.8 Å². The highest BCUT2D eigenvalue weighted by Gasteiger charge is 2.23. The van der Waals surface area contributed by atoms with Crippen LogP contribution in [-0.2, 0) is 17.8 Å². The number of carbonyl (C=O) groups excluding carboxylic acids is 1. The summed E-state index contributed by atoms with van der Waals surface area (Å²) >= 11 is 0. The Labute approximate surface area is 121 Å². The van der Waals surface area contributed by atoms with Gasteiger partial charge in [-0.25, -0.2) is 0 Å². The van der Waals surface area contributed by atoms with Crippen LogP contribution in [0.15, 0.2) is 36.4 Å². The van der Waals surface area contributed by atoms with E-state index in [0.29, 0.717) is 19.4 Å². The standard InChI is InChI=1S/C17H15FN2O/c18-8-3-9-20-13-5-2-1-4-12(13)16-14(20)7-6-11-10-15(21)19-17(11)16/h1-2,4-7H,3,8-10H2,(H,19,21). The number of halogens is 1. The second kappa shape index (κ2) is 4.58. The lowest BCUT2D eigenvalue weighted by molar-refractivity contribution is -0.115. The maximum absolute atomic E-state index is 12.6. The fourth-order valence-electron chi connectivity index (χ4n) is 3.29. The van der Waals surface area contributed by atoms with Gasteiger partial charge in [0.25, 0.3) is 0 Å². The lowest BCUT2D eigenvalue weighted by Gasteiger charge is -2.06. The summed E-state index contributed by atoms with van der Waals surface area (Å²) in [7, 11) is 0. The number of alkyl halides is 1. The predicted molar refractivity (Wildman–Crippen MR) is 82.4 cm³/mol. The van der Waals surface area contributed by atoms with Gasteiger partial charge in [0.2, 0.25) is 5.91 Å². The maximum Gasteiger partial charge on any atom is 0.228 e. The zero-order valence-corrected chi connectivity index (χ0v) is 11.5. The van der Waals surface area contributed by atoms with Crippen molar-refractivity contribution in [1.29, 1.82) is 0 Å². The van der Waals surface area contributed by atoms with Crippen LogP contribution in [0.5, 0.6) is 0 Å². The molecule has 21 heavy (non-hydrogen) atoms. The minimum Gasteiger partial charge on any atom is -0.340 e. The van der Waals surface area contributed by atoms with Gasteiger partial charge in [-0.3, -0.25) is 9.18 Å². The number of hydrogen-bond acceptors (Lipinski definition) is 1. The van der Waals surface area contributed by atoms with Crippen LogP contribution >= 0.6 is 0 Å². The first kappa shape index (κ1) is 12.4. The van der Waals surface area contributed by atoms with E-state index in [1.54, 1.807) is 0 Å². The molecule has 0 saturated carbocycles. The highest BCUT2D eigenvalue weighted by Crippen LogP contribution is 2.38. The van der Waals surface area contributed by atoms with Crippen molar-refractivity contribution in [1.82, 2.24) is 4.57 Å². The Morgan fingerprint density at radius 1 is 1.14 bits per heavy atom. The number of anilines is 1. The topological polar surface area (TPSA) is 34.0 Å². The van der Waals surface area contributed by atoms with Crippen molar-refractivity contribution in [3.8, 4) is 0 Å². The van der Waals surface area contributed by atoms with E-state index in [4.69, 9.17) is 0 Å². The number of para-hydroxylation sites is 1. The number of aromatic nitrogens is 1. The monoisotopic (exact) mass is 282 g/mol. The third-order valence-corrected chi connectivity index (χ3v) is 4.16. The van der Waals surface area contributed by atoms with Crippen LogP contribution in [0.1, 0.15) is 12.0 Å². The van der Waals surface area contributed by atoms with E-state index >= 15 is 0 Å². The normalized spacial score (nSPS) is 13.9. The first-order chi connectivity index (χ1) is 10.3. The molecule has 3 nitrogen and oxygen atoms in total. The molecule has 0 aliphatic carbocycles. The molecule has 1 amide bonds. The van der Waals surface area contributed by atoms with Crippen LogP contribution < -0.4 is 5.32 Å². The quantitative estimate of drug-likeness (QED) is 0.781. The van der Waals surface area contributed by atoms with Gasteiger partial charge < -0.3 is 9.88 Å². The minimum atomic E-state index is -0.324. The number of amides is 1. The summed E-state index contributed by atoms with van der Waals surface area (Å²) in [6.45, 7) is 0.322. The van der Waals surface area contributed by atoms with Gasteiger partial charge in [0, 0.05) is 22.8 Å². The Morgan fingerprint density at radius 3 is 2.86 bits per heavy atom. The van der Waals surface area contributed by atoms with Crippen molar-refractivity contribution in [2.45, 2.75) is 19.4 Å². The van der Waals surface area contributed by atoms with Gasteiger partial charge in [-0.2, -0.15) is 0 Å². The summed E-state index contributed by atoms with van der Waals surface area (Å²) in [6.07, 6.45) is 0.937. The van der Waals surface area contributed by atoms with E-state index in [-0.39, 0.29) is 12.6 Å². The third-order valence-electron chi connectivity index (χ3n) is 4.16. The van der Waals surface area contributed by atoms with Gasteiger partial charge in [0.1, 0.15) is 0 Å². The summed E-state index contributed by atoms with van der Waals surface area (Å²) in [5.41, 5.74) is 4.12. The van der Waals surface area contributed by atoms with E-state index in [2.05, 4.69) is 22.0 Å². The van der Waals surface area contributed by atoms with Gasteiger partial charge in [-0.1, -0.05) is 24.3 Å². The molecule has 106 valence electrons. The number of rotatable bonds is 3. The van der Waals surface area contributed by atoms with Crippen LogP contribution in [0.3, 0.4) is 0 Å². The number of nitrogens with one attached hydrogen (secondary N) is 1. The van der Waals surface area contributed by atoms with E-state index in [9.17, 15) is 9.18 Å². The Kier molecular flexibility index (Phi) is 2.70. The molecule has 4 rings (SSSR count). The number of fused-ring (bicyclic) bond motifs is 5. The summed E-state index contributed by atoms with van der Waals surface area (Å²) in [5.74, 6) is 0.0399. The number of hydrogen-bond donors (Lipinski definition) is 1. The van der Waals surface area contributed by atoms with Crippen LogP contribution in [0.4, 0.5) is 10.1 Å². The summed E-state index contributed by atoms with van der Waals surface area (Å²) in [5, 5.41) is 5.17. The van der Waals surface area contributed by atoms with Crippen LogP contribution in [0.2, 0.25) is 0 Å². The third kappa shape index (κ3) is 1.75. The van der Waals surface area contributed by atoms with Crippen molar-refractivity contribution in [2.75, 3.05) is 12.0 Å². The van der Waals surface area contributed by atoms with Crippen molar-refractivity contribution in [3.05, 3.63) is 42.0 Å². The van der Waals surface area contributed by atoms with E-state index in [0.717, 1.165) is 33.1 Å². The zero-order valence-electron chi connectivity index (χ0n) is 11.5. The summed E-state index contributed by atoms with van der Waals surface area (Å²) < 4.78 is 14.7. The summed E-state index contributed by atoms with van der Waals surface area (Å²) in [6, 6.07) is 12.2. The van der Waals surface area contributed by atoms with Gasteiger partial charge >= 0.3 is 0 Å². The number of carbonyl (C=O) groups is 1. The predicted octanol–water partition coefficient (Wildman–Crippen LogP) is 3.65. The molecule has 1 aromatic heterocycles. The molecule has 0 bridgehead atoms. The number of nitrogens with zero attached hydrogens (tertiary/aromatic N) is 1. The minimum absolute atomic E-state index is 0.0399. The first-order valence-corrected chi connectivity index (χ1v) is 7.18. The van der Waals surface area contributed by atoms with Gasteiger partial charge in [-0.15, -0.1) is 0 Å². The van der Waals surface area contributed by atoms with E-state index < -0.39 is 0 Å². The van der Waals surface area contributed by atoms with Crippen molar-refractivity contribution >= 4 is 33.4 Å². The lowest BCUT2D eigenvalue weighted by atomic mass is 10.1. The van der Waals surface area contributed by atoms with Crippen molar-refractivity contribution in [3.63, 3.8) is 0 Å². The second-order valence-corrected chi connectivity index (χ2v) is 5.43. The molecular weight excluding hydrogens is 267 g/mol. The van der Waals surface area contributed by atoms with Gasteiger partial charge in [0.05, 0.1) is 24.3 Å². The smallest absolute Gasteiger partial charge is 0.228 e. The molecule has 1 aliphatic rings. The molecule has 0 unspecified atom stereocenters. The highest BCUT2D eigenvalue weighted by molar-refractivity contribution is 6.19. The highest BCUT2D eigenvalue weighted by atomic mass is 19.1. The van der Waals surface area contributed by atoms with Gasteiger partial charge in [-0.05, 0) is 24.1 Å². The molecule has 1 N–H and O–H groups in total. The molecule has 0 fully saturated rings. The number of aryl methyl sites for hydroxylation is 1. The molecule has 2 aromatic carbocycles. The fourth-order valence-corrected chi connectivity index (χ4v) is 3.29. The average molecular weight is 282 g/mol. The van der Waals surface area contributed by atoms with E-state index in [1.165, 1.54) is 0 Å². The maximum atomic E-state index is 12.6. The molecule has 4 heteroatoms. The Hall–Kier alpha value is -2.36. The number of benzene rings is 2. The Bertz CT molecular complexity index is 866. The van der Waals surface area contributed by atoms with Gasteiger partial charge in [0.15, 0.2) is 0 Å². The SMILES string of the molecule is O=C1Cc2ccc3c(c2N1)c1ccccc1n3CCCF. The van der Waals surface area contributed by atoms with Crippen molar-refractivity contribution < 1.29 is 9.18 Å². The molecule has 2 heterocycles. The molecule has 1 aliphatic heterocycles. The Morgan fingerprint density at radius 2 is 2.00 bits per heavy atom. The molecule has 0 spiro atoms. The van der Waals surface area contributed by atoms with Crippen LogP contribution in [0, 0.1) is 0 Å². The molecular formula is C17H15FN2O. The second-order valence-electron chi connectivity index (χ2n) is 5.43. The largest absolute Gasteiger partial charge is 0.340 e. The average Bonchev–Trinajstić information content (AvgIpc) is 3.02. The van der Waals surface area contributed by atoms with Crippen molar-refractivity contribution in [2.24, 2.45) is 0 Å². The zero-order chi connectivity index (χ0) is 14.4. The Balaban J connectivity index is 2.08. The molecule has 0 radical (unpaired) electrons. The van der Waals surface area contributed by atoms with Crippen LogP contribution in [-0.4, -0.2) is 17.1 Å². The fraction of sp³-hybridized carbons (Fsp3) is 0.235. The first-order valence-electron chi connectivity index (χ1n) is 7.18. The molecule has 0 atom stereocenters. The molecule has 0 saturated heterocycles. The summed E-state index contributed by atoms with van der Waals surface area (Å²) in [4.78, 5) is 11.7.